The van der Waals surface area contributed by atoms with E-state index in [2.05, 4.69) is 20.8 Å². The molecule has 136 valence electrons. The number of halogens is 1. The van der Waals surface area contributed by atoms with Crippen molar-refractivity contribution in [2.75, 3.05) is 16.4 Å². The summed E-state index contributed by atoms with van der Waals surface area (Å²) in [4.78, 5) is 24.0. The van der Waals surface area contributed by atoms with Crippen molar-refractivity contribution in [1.82, 2.24) is 10.2 Å². The summed E-state index contributed by atoms with van der Waals surface area (Å²) in [7, 11) is 0. The van der Waals surface area contributed by atoms with Gasteiger partial charge in [0.2, 0.25) is 5.91 Å². The van der Waals surface area contributed by atoms with Crippen LogP contribution in [0.1, 0.15) is 10.4 Å². The zero-order valence-corrected chi connectivity index (χ0v) is 14.9. The lowest BCUT2D eigenvalue weighted by Crippen LogP contribution is -2.14. The predicted octanol–water partition coefficient (Wildman–Crippen LogP) is 3.60. The van der Waals surface area contributed by atoms with Crippen molar-refractivity contribution in [3.8, 4) is 0 Å². The Morgan fingerprint density at radius 1 is 0.926 bits per heavy atom. The summed E-state index contributed by atoms with van der Waals surface area (Å²) in [5.41, 5.74) is 0.914. The van der Waals surface area contributed by atoms with E-state index in [9.17, 15) is 14.0 Å². The summed E-state index contributed by atoms with van der Waals surface area (Å²) in [6.45, 7) is 0. The molecule has 1 heterocycles. The summed E-state index contributed by atoms with van der Waals surface area (Å²) < 4.78 is 13.2. The van der Waals surface area contributed by atoms with Crippen molar-refractivity contribution in [2.45, 2.75) is 5.03 Å². The molecule has 0 aliphatic rings. The fraction of sp³-hybridized carbons (Fsp3) is 0.0526. The normalized spacial score (nSPS) is 10.3. The average molecular weight is 382 g/mol. The van der Waals surface area contributed by atoms with E-state index in [1.54, 1.807) is 24.3 Å². The number of amides is 2. The van der Waals surface area contributed by atoms with Gasteiger partial charge in [-0.05, 0) is 42.5 Å². The van der Waals surface area contributed by atoms with Crippen molar-refractivity contribution in [3.63, 3.8) is 0 Å². The van der Waals surface area contributed by atoms with Crippen LogP contribution >= 0.6 is 11.8 Å². The summed E-state index contributed by atoms with van der Waals surface area (Å²) >= 11 is 1.23. The van der Waals surface area contributed by atoms with Gasteiger partial charge in [0.1, 0.15) is 10.8 Å². The number of nitrogens with one attached hydrogen (secondary N) is 2. The predicted molar refractivity (Wildman–Crippen MR) is 102 cm³/mol. The van der Waals surface area contributed by atoms with Crippen molar-refractivity contribution in [3.05, 3.63) is 78.1 Å². The minimum Gasteiger partial charge on any atom is -0.325 e. The van der Waals surface area contributed by atoms with E-state index in [0.717, 1.165) is 11.8 Å². The molecule has 2 N–H and O–H groups in total. The van der Waals surface area contributed by atoms with Crippen LogP contribution in [-0.2, 0) is 4.79 Å². The molecule has 0 saturated carbocycles. The number of rotatable bonds is 6. The van der Waals surface area contributed by atoms with Crippen LogP contribution in [0.25, 0.3) is 0 Å². The highest BCUT2D eigenvalue weighted by Gasteiger charge is 2.09. The number of benzene rings is 2. The molecule has 3 rings (SSSR count). The lowest BCUT2D eigenvalue weighted by Gasteiger charge is -2.06. The van der Waals surface area contributed by atoms with Gasteiger partial charge in [0.05, 0.1) is 5.75 Å². The van der Waals surface area contributed by atoms with Gasteiger partial charge in [-0.3, -0.25) is 9.59 Å². The minimum atomic E-state index is -0.491. The van der Waals surface area contributed by atoms with Crippen LogP contribution in [0.4, 0.5) is 15.9 Å². The van der Waals surface area contributed by atoms with E-state index in [-0.39, 0.29) is 23.0 Å². The maximum Gasteiger partial charge on any atom is 0.256 e. The van der Waals surface area contributed by atoms with Crippen LogP contribution in [0.5, 0.6) is 0 Å². The monoisotopic (exact) mass is 382 g/mol. The molecule has 0 unspecified atom stereocenters. The number of thioether (sulfide) groups is 1. The summed E-state index contributed by atoms with van der Waals surface area (Å²) in [5.74, 6) is -0.710. The number of anilines is 2. The fourth-order valence-electron chi connectivity index (χ4n) is 2.14. The van der Waals surface area contributed by atoms with E-state index in [1.807, 2.05) is 18.2 Å². The summed E-state index contributed by atoms with van der Waals surface area (Å²) in [6.07, 6.45) is 0. The van der Waals surface area contributed by atoms with Gasteiger partial charge in [0.25, 0.3) is 5.91 Å². The second kappa shape index (κ2) is 8.91. The van der Waals surface area contributed by atoms with Gasteiger partial charge in [-0.15, -0.1) is 10.2 Å². The van der Waals surface area contributed by atoms with Crippen molar-refractivity contribution < 1.29 is 14.0 Å². The molecule has 0 fully saturated rings. The maximum atomic E-state index is 13.2. The molecule has 6 nitrogen and oxygen atoms in total. The Kier molecular flexibility index (Phi) is 6.11. The Morgan fingerprint density at radius 2 is 1.74 bits per heavy atom. The number of carbonyl (C=O) groups excluding carboxylic acids is 2. The molecule has 1 aromatic heterocycles. The van der Waals surface area contributed by atoms with E-state index >= 15 is 0 Å². The molecule has 2 aromatic carbocycles. The molecule has 0 aliphatic carbocycles. The SMILES string of the molecule is O=C(CSc1ccc(NC(=O)c2cccc(F)c2)nn1)Nc1ccccc1. The van der Waals surface area contributed by atoms with Gasteiger partial charge < -0.3 is 10.6 Å². The summed E-state index contributed by atoms with van der Waals surface area (Å²) in [6, 6.07) is 17.7. The van der Waals surface area contributed by atoms with Gasteiger partial charge in [-0.2, -0.15) is 0 Å². The second-order valence-corrected chi connectivity index (χ2v) is 6.42. The van der Waals surface area contributed by atoms with E-state index < -0.39 is 11.7 Å². The highest BCUT2D eigenvalue weighted by atomic mass is 32.2. The smallest absolute Gasteiger partial charge is 0.256 e. The minimum absolute atomic E-state index is 0.156. The number of hydrogen-bond acceptors (Lipinski definition) is 5. The van der Waals surface area contributed by atoms with Crippen LogP contribution in [0.3, 0.4) is 0 Å². The molecule has 3 aromatic rings. The first-order chi connectivity index (χ1) is 13.1. The first kappa shape index (κ1) is 18.5. The zero-order chi connectivity index (χ0) is 19.1. The fourth-order valence-corrected chi connectivity index (χ4v) is 2.75. The van der Waals surface area contributed by atoms with Gasteiger partial charge in [-0.25, -0.2) is 4.39 Å². The maximum absolute atomic E-state index is 13.2. The van der Waals surface area contributed by atoms with Gasteiger partial charge in [0, 0.05) is 11.3 Å². The molecule has 0 saturated heterocycles. The number of hydrogen-bond donors (Lipinski definition) is 2. The Hall–Kier alpha value is -3.26. The lowest BCUT2D eigenvalue weighted by molar-refractivity contribution is -0.113. The van der Waals surface area contributed by atoms with Gasteiger partial charge >= 0.3 is 0 Å². The molecule has 0 radical (unpaired) electrons. The van der Waals surface area contributed by atoms with Crippen LogP contribution in [-0.4, -0.2) is 27.8 Å². The van der Waals surface area contributed by atoms with E-state index in [0.29, 0.717) is 5.03 Å². The van der Waals surface area contributed by atoms with Crippen LogP contribution in [0.2, 0.25) is 0 Å². The standard InChI is InChI=1S/C19H15FN4O2S/c20-14-6-4-5-13(11-14)19(26)22-16-9-10-18(24-23-16)27-12-17(25)21-15-7-2-1-3-8-15/h1-11H,12H2,(H,21,25)(H,22,23,26). The van der Waals surface area contributed by atoms with Crippen LogP contribution < -0.4 is 10.6 Å². The molecule has 0 spiro atoms. The van der Waals surface area contributed by atoms with Crippen molar-refractivity contribution in [1.29, 1.82) is 0 Å². The molecular formula is C19H15FN4O2S. The van der Waals surface area contributed by atoms with Gasteiger partial charge in [0.15, 0.2) is 5.82 Å². The molecule has 27 heavy (non-hydrogen) atoms. The molecule has 0 aliphatic heterocycles. The van der Waals surface area contributed by atoms with Crippen LogP contribution in [0.15, 0.2) is 71.8 Å². The molecule has 0 atom stereocenters. The average Bonchev–Trinajstić information content (AvgIpc) is 2.68. The van der Waals surface area contributed by atoms with Crippen LogP contribution in [0, 0.1) is 5.82 Å². The van der Waals surface area contributed by atoms with E-state index in [4.69, 9.17) is 0 Å². The number of carbonyl (C=O) groups is 2. The first-order valence-corrected chi connectivity index (χ1v) is 8.97. The first-order valence-electron chi connectivity index (χ1n) is 7.98. The van der Waals surface area contributed by atoms with Crippen molar-refractivity contribution >= 4 is 35.1 Å². The summed E-state index contributed by atoms with van der Waals surface area (Å²) in [5, 5.41) is 13.7. The van der Waals surface area contributed by atoms with Crippen molar-refractivity contribution in [2.24, 2.45) is 0 Å². The highest BCUT2D eigenvalue weighted by molar-refractivity contribution is 7.99. The highest BCUT2D eigenvalue weighted by Crippen LogP contribution is 2.16. The lowest BCUT2D eigenvalue weighted by atomic mass is 10.2. The molecule has 8 heteroatoms. The zero-order valence-electron chi connectivity index (χ0n) is 14.1. The number of aromatic nitrogens is 2. The third kappa shape index (κ3) is 5.61. The third-order valence-electron chi connectivity index (χ3n) is 3.38. The van der Waals surface area contributed by atoms with Gasteiger partial charge in [-0.1, -0.05) is 36.0 Å². The largest absolute Gasteiger partial charge is 0.325 e. The number of para-hydroxylation sites is 1. The Morgan fingerprint density at radius 3 is 2.44 bits per heavy atom. The Bertz CT molecular complexity index is 936. The third-order valence-corrected chi connectivity index (χ3v) is 4.30. The topological polar surface area (TPSA) is 84.0 Å². The quantitative estimate of drug-likeness (QED) is 0.637. The Labute approximate surface area is 159 Å². The molecular weight excluding hydrogens is 367 g/mol. The molecule has 0 bridgehead atoms. The number of nitrogens with zero attached hydrogens (tertiary/aromatic N) is 2. The Balaban J connectivity index is 1.51. The second-order valence-electron chi connectivity index (χ2n) is 5.42. The molecule has 2 amide bonds. The van der Waals surface area contributed by atoms with E-state index in [1.165, 1.54) is 30.0 Å².